The number of furan rings is 1. The minimum absolute atomic E-state index is 0.0608. The first kappa shape index (κ1) is 33.3. The van der Waals surface area contributed by atoms with E-state index in [1.54, 1.807) is 13.8 Å². The molecule has 0 aliphatic heterocycles. The van der Waals surface area contributed by atoms with Crippen LogP contribution in [-0.2, 0) is 9.59 Å². The van der Waals surface area contributed by atoms with Crippen molar-refractivity contribution in [1.82, 2.24) is 10.9 Å². The van der Waals surface area contributed by atoms with E-state index in [1.165, 1.54) is 25.0 Å². The van der Waals surface area contributed by atoms with Crippen molar-refractivity contribution in [2.45, 2.75) is 78.1 Å². The molecule has 4 N–H and O–H groups in total. The number of nitrogens with one attached hydrogen (secondary N) is 4. The second-order valence-corrected chi connectivity index (χ2v) is 12.2. The van der Waals surface area contributed by atoms with Crippen LogP contribution in [0.3, 0.4) is 0 Å². The first-order valence-corrected chi connectivity index (χ1v) is 16.4. The molecule has 0 unspecified atom stereocenters. The van der Waals surface area contributed by atoms with Crippen molar-refractivity contribution in [3.63, 3.8) is 0 Å². The lowest BCUT2D eigenvalue weighted by atomic mass is 9.88. The van der Waals surface area contributed by atoms with Gasteiger partial charge < -0.3 is 15.1 Å². The van der Waals surface area contributed by atoms with Gasteiger partial charge in [-0.2, -0.15) is 10.2 Å². The molecule has 11 nitrogen and oxygen atoms in total. The van der Waals surface area contributed by atoms with E-state index < -0.39 is 11.8 Å². The van der Waals surface area contributed by atoms with Crippen molar-refractivity contribution in [3.05, 3.63) is 83.3 Å². The quantitative estimate of drug-likeness (QED) is 0.145. The monoisotopic (exact) mass is 638 g/mol. The van der Waals surface area contributed by atoms with Crippen LogP contribution in [0.2, 0.25) is 0 Å². The number of benzene rings is 2. The van der Waals surface area contributed by atoms with Crippen LogP contribution in [0.15, 0.2) is 75.3 Å². The van der Waals surface area contributed by atoms with Gasteiger partial charge in [-0.1, -0.05) is 62.8 Å². The van der Waals surface area contributed by atoms with E-state index in [-0.39, 0.29) is 35.2 Å². The molecule has 0 spiro atoms. The van der Waals surface area contributed by atoms with Crippen LogP contribution < -0.4 is 21.5 Å². The fraction of sp³-hybridized carbons (Fsp3) is 0.389. The summed E-state index contributed by atoms with van der Waals surface area (Å²) in [5.74, 6) is -1.13. The van der Waals surface area contributed by atoms with Crippen LogP contribution in [0.25, 0.3) is 0 Å². The second-order valence-electron chi connectivity index (χ2n) is 12.2. The predicted octanol–water partition coefficient (Wildman–Crippen LogP) is 6.63. The molecule has 3 aromatic rings. The van der Waals surface area contributed by atoms with E-state index in [9.17, 15) is 19.2 Å². The summed E-state index contributed by atoms with van der Waals surface area (Å²) < 4.78 is 5.45. The van der Waals surface area contributed by atoms with Gasteiger partial charge in [0.1, 0.15) is 0 Å². The summed E-state index contributed by atoms with van der Waals surface area (Å²) in [6.45, 7) is 3.50. The third-order valence-electron chi connectivity index (χ3n) is 8.80. The van der Waals surface area contributed by atoms with Gasteiger partial charge in [0.2, 0.25) is 11.8 Å². The van der Waals surface area contributed by atoms with Crippen LogP contribution in [0.1, 0.15) is 110 Å². The van der Waals surface area contributed by atoms with E-state index in [0.717, 1.165) is 73.9 Å². The molecule has 5 rings (SSSR count). The fourth-order valence-corrected chi connectivity index (χ4v) is 5.90. The molecular weight excluding hydrogens is 596 g/mol. The Bertz CT molecular complexity index is 1510. The van der Waals surface area contributed by atoms with E-state index >= 15 is 0 Å². The van der Waals surface area contributed by atoms with E-state index in [2.05, 4.69) is 31.7 Å². The smallest absolute Gasteiger partial charge is 0.307 e. The summed E-state index contributed by atoms with van der Waals surface area (Å²) >= 11 is 0. The van der Waals surface area contributed by atoms with Crippen LogP contribution in [-0.4, -0.2) is 35.1 Å². The molecule has 2 saturated carbocycles. The van der Waals surface area contributed by atoms with E-state index in [0.29, 0.717) is 11.4 Å². The molecular formula is C36H42N6O5. The average molecular weight is 639 g/mol. The highest BCUT2D eigenvalue weighted by Crippen LogP contribution is 2.26. The maximum Gasteiger partial charge on any atom is 0.307 e. The summed E-state index contributed by atoms with van der Waals surface area (Å²) in [6.07, 6.45) is 10.5. The predicted molar refractivity (Wildman–Crippen MR) is 181 cm³/mol. The van der Waals surface area contributed by atoms with Gasteiger partial charge in [0.15, 0.2) is 11.5 Å². The van der Waals surface area contributed by atoms with Gasteiger partial charge in [-0.25, -0.2) is 10.9 Å². The molecule has 1 heterocycles. The molecule has 0 bridgehead atoms. The molecule has 2 fully saturated rings. The van der Waals surface area contributed by atoms with Crippen LogP contribution in [0, 0.1) is 11.8 Å². The summed E-state index contributed by atoms with van der Waals surface area (Å²) in [6, 6.07) is 17.3. The molecule has 2 aliphatic carbocycles. The first-order chi connectivity index (χ1) is 22.8. The number of nitrogens with zero attached hydrogens (tertiary/aromatic N) is 2. The van der Waals surface area contributed by atoms with Gasteiger partial charge in [-0.05, 0) is 87.1 Å². The maximum atomic E-state index is 12.6. The summed E-state index contributed by atoms with van der Waals surface area (Å²) in [5, 5.41) is 14.3. The molecule has 246 valence electrons. The van der Waals surface area contributed by atoms with Crippen LogP contribution in [0.4, 0.5) is 11.4 Å². The Morgan fingerprint density at radius 3 is 1.28 bits per heavy atom. The summed E-state index contributed by atoms with van der Waals surface area (Å²) in [5.41, 5.74) is 8.98. The number of amides is 4. The van der Waals surface area contributed by atoms with Gasteiger partial charge in [-0.15, -0.1) is 0 Å². The number of anilines is 2. The Hall–Kier alpha value is -5.06. The average Bonchev–Trinajstić information content (AvgIpc) is 3.61. The number of carbonyl (C=O) groups excluding carboxylic acids is 4. The van der Waals surface area contributed by atoms with Crippen molar-refractivity contribution < 1.29 is 23.6 Å². The number of carbonyl (C=O) groups is 4. The minimum Gasteiger partial charge on any atom is -0.446 e. The molecule has 2 aliphatic rings. The molecule has 1 aromatic heterocycles. The number of hydrazone groups is 2. The molecule has 47 heavy (non-hydrogen) atoms. The molecule has 4 amide bonds. The minimum atomic E-state index is -0.616. The highest BCUT2D eigenvalue weighted by Gasteiger charge is 2.22. The molecule has 2 aromatic carbocycles. The lowest BCUT2D eigenvalue weighted by Gasteiger charge is -2.20. The molecule has 0 atom stereocenters. The van der Waals surface area contributed by atoms with Crippen molar-refractivity contribution in [2.24, 2.45) is 22.0 Å². The van der Waals surface area contributed by atoms with Gasteiger partial charge in [0.25, 0.3) is 0 Å². The summed E-state index contributed by atoms with van der Waals surface area (Å²) in [7, 11) is 0. The Morgan fingerprint density at radius 2 is 0.915 bits per heavy atom. The zero-order chi connectivity index (χ0) is 33.2. The lowest BCUT2D eigenvalue weighted by Crippen LogP contribution is -2.24. The highest BCUT2D eigenvalue weighted by molar-refractivity contribution is 6.02. The lowest BCUT2D eigenvalue weighted by molar-refractivity contribution is -0.121. The Morgan fingerprint density at radius 1 is 0.553 bits per heavy atom. The normalized spacial score (nSPS) is 16.3. The van der Waals surface area contributed by atoms with Crippen molar-refractivity contribution in [1.29, 1.82) is 0 Å². The SMILES string of the molecule is CC(=NNC(=O)c1ccc(C(=O)NN=C(C)c2ccc(NC(=O)C3CCCCC3)cc2)o1)c1ccc(NC(=O)C2CCCCC2)cc1. The van der Waals surface area contributed by atoms with E-state index in [4.69, 9.17) is 4.42 Å². The first-order valence-electron chi connectivity index (χ1n) is 16.4. The Kier molecular flexibility index (Phi) is 11.3. The second kappa shape index (κ2) is 16.0. The van der Waals surface area contributed by atoms with Crippen LogP contribution in [0.5, 0.6) is 0 Å². The maximum absolute atomic E-state index is 12.6. The van der Waals surface area contributed by atoms with Gasteiger partial charge in [0, 0.05) is 23.2 Å². The zero-order valence-corrected chi connectivity index (χ0v) is 26.9. The fourth-order valence-electron chi connectivity index (χ4n) is 5.90. The number of rotatable bonds is 10. The number of hydrogen-bond acceptors (Lipinski definition) is 7. The standard InChI is InChI=1S/C36H42N6O5/c1-23(25-13-17-29(18-14-25)37-33(43)27-9-5-3-6-10-27)39-41-35(45)31-21-22-32(47-31)36(46)42-40-24(2)26-15-19-30(20-16-26)38-34(44)28-11-7-4-8-12-28/h13-22,27-28H,3-12H2,1-2H3,(H,37,43)(H,38,44)(H,41,45)(H,42,46). The van der Waals surface area contributed by atoms with Crippen molar-refractivity contribution in [3.8, 4) is 0 Å². The molecule has 11 heteroatoms. The van der Waals surface area contributed by atoms with Gasteiger partial charge in [0.05, 0.1) is 11.4 Å². The highest BCUT2D eigenvalue weighted by atomic mass is 16.4. The van der Waals surface area contributed by atoms with Gasteiger partial charge in [-0.3, -0.25) is 19.2 Å². The third-order valence-corrected chi connectivity index (χ3v) is 8.80. The van der Waals surface area contributed by atoms with E-state index in [1.807, 2.05) is 48.5 Å². The van der Waals surface area contributed by atoms with Gasteiger partial charge >= 0.3 is 11.8 Å². The molecule has 0 saturated heterocycles. The third kappa shape index (κ3) is 9.25. The summed E-state index contributed by atoms with van der Waals surface area (Å²) in [4.78, 5) is 50.3. The van der Waals surface area contributed by atoms with Crippen molar-refractivity contribution >= 4 is 46.4 Å². The zero-order valence-electron chi connectivity index (χ0n) is 26.9. The topological polar surface area (TPSA) is 154 Å². The Balaban J connectivity index is 1.09. The molecule has 0 radical (unpaired) electrons. The van der Waals surface area contributed by atoms with Crippen LogP contribution >= 0.6 is 0 Å². The largest absolute Gasteiger partial charge is 0.446 e. The Labute approximate surface area is 274 Å². The number of hydrogen-bond donors (Lipinski definition) is 4. The van der Waals surface area contributed by atoms with Crippen molar-refractivity contribution in [2.75, 3.05) is 10.6 Å².